The third-order valence-electron chi connectivity index (χ3n) is 8.24. The number of amides is 4. The highest BCUT2D eigenvalue weighted by molar-refractivity contribution is 5.91. The van der Waals surface area contributed by atoms with Crippen LogP contribution >= 0.6 is 0 Å². The van der Waals surface area contributed by atoms with Crippen molar-refractivity contribution in [2.75, 3.05) is 26.2 Å². The van der Waals surface area contributed by atoms with Gasteiger partial charge in [-0.25, -0.2) is 14.6 Å². The zero-order chi connectivity index (χ0) is 30.9. The second kappa shape index (κ2) is 13.9. The first kappa shape index (κ1) is 30.4. The molecule has 4 amide bonds. The number of piperazine rings is 1. The van der Waals surface area contributed by atoms with E-state index in [2.05, 4.69) is 21.3 Å². The van der Waals surface area contributed by atoms with Gasteiger partial charge in [0.05, 0.1) is 30.9 Å². The summed E-state index contributed by atoms with van der Waals surface area (Å²) in [4.78, 5) is 47.3. The monoisotopic (exact) mass is 590 g/mol. The SMILES string of the molecule is N#Cc1ccc(Cn2cncc2CCNC(=O)[C@H]2CN(Cc3ccccc3)CC[N+]2(C(N)=O)C(=O)Cc2ccccc2)cc1. The molecule has 10 nitrogen and oxygen atoms in total. The normalized spacial score (nSPS) is 18.3. The van der Waals surface area contributed by atoms with Crippen molar-refractivity contribution in [2.45, 2.75) is 32.0 Å². The number of hydrogen-bond acceptors (Lipinski definition) is 6. The van der Waals surface area contributed by atoms with Crippen LogP contribution in [0.4, 0.5) is 4.79 Å². The number of nitrogens with one attached hydrogen (secondary N) is 1. The fourth-order valence-electron chi connectivity index (χ4n) is 5.81. The minimum atomic E-state index is -0.996. The number of urea groups is 1. The first-order chi connectivity index (χ1) is 21.4. The summed E-state index contributed by atoms with van der Waals surface area (Å²) in [6.07, 6.45) is 3.98. The van der Waals surface area contributed by atoms with Crippen molar-refractivity contribution in [1.29, 1.82) is 5.26 Å². The Bertz CT molecular complexity index is 1630. The number of rotatable bonds is 10. The zero-order valence-corrected chi connectivity index (χ0v) is 24.5. The van der Waals surface area contributed by atoms with Gasteiger partial charge in [-0.2, -0.15) is 9.74 Å². The van der Waals surface area contributed by atoms with Crippen LogP contribution in [-0.4, -0.2) is 69.0 Å². The Hall–Kier alpha value is -5.11. The topological polar surface area (TPSA) is 134 Å². The molecule has 0 saturated carbocycles. The Morgan fingerprint density at radius 2 is 1.59 bits per heavy atom. The summed E-state index contributed by atoms with van der Waals surface area (Å²) in [5.74, 6) is -0.773. The molecule has 224 valence electrons. The van der Waals surface area contributed by atoms with Gasteiger partial charge in [-0.05, 0) is 28.8 Å². The molecule has 1 aromatic heterocycles. The minimum Gasteiger partial charge on any atom is -0.350 e. The summed E-state index contributed by atoms with van der Waals surface area (Å²) in [7, 11) is 0. The largest absolute Gasteiger partial charge is 0.422 e. The molecule has 1 aliphatic heterocycles. The van der Waals surface area contributed by atoms with Crippen molar-refractivity contribution in [1.82, 2.24) is 19.8 Å². The van der Waals surface area contributed by atoms with Gasteiger partial charge in [0.25, 0.3) is 5.91 Å². The molecule has 10 heteroatoms. The van der Waals surface area contributed by atoms with E-state index in [4.69, 9.17) is 11.0 Å². The lowest BCUT2D eigenvalue weighted by molar-refractivity contribution is -0.797. The van der Waals surface area contributed by atoms with Crippen LogP contribution in [-0.2, 0) is 35.5 Å². The second-order valence-corrected chi connectivity index (χ2v) is 11.1. The van der Waals surface area contributed by atoms with Crippen LogP contribution < -0.4 is 11.1 Å². The quantitative estimate of drug-likeness (QED) is 0.273. The Balaban J connectivity index is 1.31. The first-order valence-electron chi connectivity index (χ1n) is 14.7. The second-order valence-electron chi connectivity index (χ2n) is 11.1. The summed E-state index contributed by atoms with van der Waals surface area (Å²) >= 11 is 0. The van der Waals surface area contributed by atoms with Crippen molar-refractivity contribution in [2.24, 2.45) is 5.73 Å². The van der Waals surface area contributed by atoms with Crippen LogP contribution in [0, 0.1) is 11.3 Å². The molecular formula is C34H36N7O3+. The number of nitrogens with two attached hydrogens (primary N) is 1. The first-order valence-corrected chi connectivity index (χ1v) is 14.7. The molecule has 0 bridgehead atoms. The zero-order valence-electron chi connectivity index (χ0n) is 24.5. The average Bonchev–Trinajstić information content (AvgIpc) is 3.48. The molecule has 1 unspecified atom stereocenters. The third kappa shape index (κ3) is 6.92. The van der Waals surface area contributed by atoms with Crippen LogP contribution in [0.15, 0.2) is 97.5 Å². The maximum atomic E-state index is 13.9. The molecule has 44 heavy (non-hydrogen) atoms. The molecule has 1 saturated heterocycles. The van der Waals surface area contributed by atoms with Crippen molar-refractivity contribution >= 4 is 17.8 Å². The number of benzene rings is 3. The Morgan fingerprint density at radius 3 is 2.25 bits per heavy atom. The average molecular weight is 591 g/mol. The van der Waals surface area contributed by atoms with E-state index in [1.807, 2.05) is 77.4 Å². The number of imidazole rings is 1. The van der Waals surface area contributed by atoms with Gasteiger partial charge in [0, 0.05) is 44.5 Å². The molecule has 2 heterocycles. The molecular weight excluding hydrogens is 554 g/mol. The highest BCUT2D eigenvalue weighted by atomic mass is 16.2. The standard InChI is InChI=1S/C34H35N7O3/c35-20-27-11-13-29(14-12-27)23-40-25-37-21-30(40)15-16-38-33(43)31-24-39(22-28-9-5-2-6-10-28)17-18-41(31,34(36)44)32(42)19-26-7-3-1-4-8-26/h1-14,21,25,31H,15-19,22-24H2,(H2-,36,38,43,44)/p+1/t31-,41?/m1/s1. The molecule has 3 aromatic carbocycles. The number of carbonyl (C=O) groups is 3. The number of nitrogens with zero attached hydrogens (tertiary/aromatic N) is 5. The lowest BCUT2D eigenvalue weighted by Crippen LogP contribution is -2.75. The van der Waals surface area contributed by atoms with E-state index in [1.165, 1.54) is 0 Å². The Labute approximate surface area is 256 Å². The number of imide groups is 1. The molecule has 0 spiro atoms. The number of aromatic nitrogens is 2. The van der Waals surface area contributed by atoms with Crippen molar-refractivity contribution < 1.29 is 18.9 Å². The lowest BCUT2D eigenvalue weighted by Gasteiger charge is -2.44. The van der Waals surface area contributed by atoms with Crippen LogP contribution in [0.1, 0.15) is 27.9 Å². The van der Waals surface area contributed by atoms with Crippen LogP contribution in [0.2, 0.25) is 0 Å². The van der Waals surface area contributed by atoms with E-state index in [-0.39, 0.29) is 31.3 Å². The number of quaternary nitrogens is 1. The van der Waals surface area contributed by atoms with E-state index in [9.17, 15) is 14.4 Å². The molecule has 0 radical (unpaired) electrons. The predicted molar refractivity (Wildman–Crippen MR) is 165 cm³/mol. The highest BCUT2D eigenvalue weighted by Crippen LogP contribution is 2.25. The summed E-state index contributed by atoms with van der Waals surface area (Å²) in [6.45, 7) is 2.21. The summed E-state index contributed by atoms with van der Waals surface area (Å²) in [5, 5.41) is 12.0. The van der Waals surface area contributed by atoms with E-state index in [0.29, 0.717) is 38.2 Å². The van der Waals surface area contributed by atoms with Gasteiger partial charge in [0.2, 0.25) is 0 Å². The smallest absolute Gasteiger partial charge is 0.350 e. The van der Waals surface area contributed by atoms with Gasteiger partial charge in [-0.1, -0.05) is 72.8 Å². The van der Waals surface area contributed by atoms with Crippen molar-refractivity contribution in [3.63, 3.8) is 0 Å². The van der Waals surface area contributed by atoms with Gasteiger partial charge >= 0.3 is 11.9 Å². The summed E-state index contributed by atoms with van der Waals surface area (Å²) in [6, 6.07) is 26.8. The Kier molecular flexibility index (Phi) is 9.59. The maximum absolute atomic E-state index is 13.9. The van der Waals surface area contributed by atoms with Crippen molar-refractivity contribution in [3.05, 3.63) is 125 Å². The molecule has 4 aromatic rings. The predicted octanol–water partition coefficient (Wildman–Crippen LogP) is 3.01. The number of nitriles is 1. The van der Waals surface area contributed by atoms with E-state index < -0.39 is 16.6 Å². The minimum absolute atomic E-state index is 0.000770. The molecule has 1 fully saturated rings. The number of hydrogen-bond donors (Lipinski definition) is 2. The van der Waals surface area contributed by atoms with Crippen LogP contribution in [0.3, 0.4) is 0 Å². The van der Waals surface area contributed by atoms with Gasteiger partial charge in [-0.3, -0.25) is 9.69 Å². The number of primary amides is 1. The van der Waals surface area contributed by atoms with E-state index in [1.54, 1.807) is 24.7 Å². The summed E-state index contributed by atoms with van der Waals surface area (Å²) < 4.78 is 1.27. The number of carbonyl (C=O) groups excluding carboxylic acids is 3. The molecule has 3 N–H and O–H groups in total. The third-order valence-corrected chi connectivity index (χ3v) is 8.24. The van der Waals surface area contributed by atoms with E-state index in [0.717, 1.165) is 22.4 Å². The molecule has 1 aliphatic rings. The van der Waals surface area contributed by atoms with Gasteiger partial charge in [0.15, 0.2) is 6.04 Å². The molecule has 2 atom stereocenters. The highest BCUT2D eigenvalue weighted by Gasteiger charge is 2.55. The van der Waals surface area contributed by atoms with Crippen LogP contribution in [0.25, 0.3) is 0 Å². The lowest BCUT2D eigenvalue weighted by atomic mass is 10.0. The fourth-order valence-corrected chi connectivity index (χ4v) is 5.81. The van der Waals surface area contributed by atoms with Gasteiger partial charge in [-0.15, -0.1) is 0 Å². The maximum Gasteiger partial charge on any atom is 0.422 e. The van der Waals surface area contributed by atoms with Gasteiger partial charge < -0.3 is 15.6 Å². The van der Waals surface area contributed by atoms with Crippen molar-refractivity contribution in [3.8, 4) is 6.07 Å². The fraction of sp³-hybridized carbons (Fsp3) is 0.265. The molecule has 0 aliphatic carbocycles. The van der Waals surface area contributed by atoms with Gasteiger partial charge in [0.1, 0.15) is 6.54 Å². The van der Waals surface area contributed by atoms with Crippen LogP contribution in [0.5, 0.6) is 0 Å². The summed E-state index contributed by atoms with van der Waals surface area (Å²) in [5.41, 5.74) is 10.4. The Morgan fingerprint density at radius 1 is 0.932 bits per heavy atom. The van der Waals surface area contributed by atoms with E-state index >= 15 is 0 Å². The molecule has 5 rings (SSSR count).